The minimum atomic E-state index is -0.871. The van der Waals surface area contributed by atoms with Crippen molar-refractivity contribution in [3.05, 3.63) is 29.8 Å². The number of carboxylic acids is 1. The summed E-state index contributed by atoms with van der Waals surface area (Å²) in [6, 6.07) is 7.82. The molecule has 1 aromatic carbocycles. The van der Waals surface area contributed by atoms with Crippen LogP contribution in [0.1, 0.15) is 26.3 Å². The summed E-state index contributed by atoms with van der Waals surface area (Å²) in [6.45, 7) is 9.13. The third kappa shape index (κ3) is 3.96. The highest BCUT2D eigenvalue weighted by atomic mass is 16.5. The highest BCUT2D eigenvalue weighted by Gasteiger charge is 2.33. The van der Waals surface area contributed by atoms with Gasteiger partial charge in [-0.1, -0.05) is 25.1 Å². The van der Waals surface area contributed by atoms with Crippen molar-refractivity contribution in [3.63, 3.8) is 0 Å². The van der Waals surface area contributed by atoms with E-state index in [9.17, 15) is 9.90 Å². The van der Waals surface area contributed by atoms with Crippen LogP contribution in [-0.2, 0) is 4.79 Å². The first kappa shape index (κ1) is 15.5. The number of rotatable bonds is 7. The Morgan fingerprint density at radius 2 is 2.00 bits per heavy atom. The standard InChI is InChI=1S/C15H23NO3/c1-5-16(15(3,4)14(17)18)10-11-19-13-9-7-6-8-12(13)2/h6-9H,5,10-11H2,1-4H3,(H,17,18). The first-order valence-corrected chi connectivity index (χ1v) is 6.56. The third-order valence-corrected chi connectivity index (χ3v) is 3.41. The lowest BCUT2D eigenvalue weighted by Crippen LogP contribution is -2.51. The number of carboxylic acid groups (broad SMARTS) is 1. The van der Waals surface area contributed by atoms with Crippen molar-refractivity contribution in [1.29, 1.82) is 0 Å². The average molecular weight is 265 g/mol. The molecular formula is C15H23NO3. The summed E-state index contributed by atoms with van der Waals surface area (Å²) in [7, 11) is 0. The summed E-state index contributed by atoms with van der Waals surface area (Å²) < 4.78 is 5.71. The lowest BCUT2D eigenvalue weighted by Gasteiger charge is -2.33. The van der Waals surface area contributed by atoms with Gasteiger partial charge in [0.1, 0.15) is 17.9 Å². The van der Waals surface area contributed by atoms with Crippen LogP contribution in [0.3, 0.4) is 0 Å². The first-order valence-electron chi connectivity index (χ1n) is 6.56. The van der Waals surface area contributed by atoms with Crippen molar-refractivity contribution in [2.45, 2.75) is 33.2 Å². The fourth-order valence-corrected chi connectivity index (χ4v) is 1.95. The van der Waals surface area contributed by atoms with Crippen LogP contribution in [0, 0.1) is 6.92 Å². The summed E-state index contributed by atoms with van der Waals surface area (Å²) in [4.78, 5) is 13.1. The number of hydrogen-bond acceptors (Lipinski definition) is 3. The van der Waals surface area contributed by atoms with Crippen molar-refractivity contribution in [2.75, 3.05) is 19.7 Å². The molecule has 0 radical (unpaired) electrons. The van der Waals surface area contributed by atoms with Crippen LogP contribution in [-0.4, -0.2) is 41.2 Å². The number of likely N-dealkylation sites (N-methyl/N-ethyl adjacent to an activating group) is 1. The molecule has 19 heavy (non-hydrogen) atoms. The van der Waals surface area contributed by atoms with E-state index < -0.39 is 11.5 Å². The Morgan fingerprint density at radius 1 is 1.37 bits per heavy atom. The summed E-state index contributed by atoms with van der Waals surface area (Å²) in [5, 5.41) is 9.22. The lowest BCUT2D eigenvalue weighted by molar-refractivity contribution is -0.149. The van der Waals surface area contributed by atoms with Crippen molar-refractivity contribution >= 4 is 5.97 Å². The Labute approximate surface area is 115 Å². The van der Waals surface area contributed by atoms with Gasteiger partial charge in [-0.25, -0.2) is 0 Å². The molecule has 0 unspecified atom stereocenters. The molecule has 0 heterocycles. The number of carbonyl (C=O) groups is 1. The summed E-state index contributed by atoms with van der Waals surface area (Å²) in [5.74, 6) is 0.0388. The molecule has 4 heteroatoms. The summed E-state index contributed by atoms with van der Waals surface area (Å²) in [5.41, 5.74) is 0.215. The van der Waals surface area contributed by atoms with E-state index in [1.807, 2.05) is 43.0 Å². The highest BCUT2D eigenvalue weighted by Crippen LogP contribution is 2.17. The second-order valence-electron chi connectivity index (χ2n) is 5.06. The number of benzene rings is 1. The van der Waals surface area contributed by atoms with Crippen molar-refractivity contribution in [2.24, 2.45) is 0 Å². The fraction of sp³-hybridized carbons (Fsp3) is 0.533. The molecule has 0 fully saturated rings. The van der Waals surface area contributed by atoms with Gasteiger partial charge in [-0.2, -0.15) is 0 Å². The van der Waals surface area contributed by atoms with Gasteiger partial charge in [0.15, 0.2) is 0 Å². The zero-order valence-corrected chi connectivity index (χ0v) is 12.1. The van der Waals surface area contributed by atoms with E-state index in [4.69, 9.17) is 4.74 Å². The summed E-state index contributed by atoms with van der Waals surface area (Å²) >= 11 is 0. The Balaban J connectivity index is 2.56. The van der Waals surface area contributed by atoms with E-state index in [1.54, 1.807) is 13.8 Å². The second kappa shape index (κ2) is 6.57. The molecule has 0 aromatic heterocycles. The van der Waals surface area contributed by atoms with Gasteiger partial charge in [0.25, 0.3) is 0 Å². The molecule has 0 amide bonds. The molecule has 0 aliphatic carbocycles. The van der Waals surface area contributed by atoms with E-state index in [-0.39, 0.29) is 0 Å². The number of nitrogens with zero attached hydrogens (tertiary/aromatic N) is 1. The van der Waals surface area contributed by atoms with Gasteiger partial charge in [0, 0.05) is 6.54 Å². The van der Waals surface area contributed by atoms with Gasteiger partial charge in [0.2, 0.25) is 0 Å². The predicted octanol–water partition coefficient (Wildman–Crippen LogP) is 2.56. The topological polar surface area (TPSA) is 49.8 Å². The molecule has 0 aliphatic heterocycles. The Morgan fingerprint density at radius 3 is 2.53 bits per heavy atom. The maximum Gasteiger partial charge on any atom is 0.323 e. The molecule has 1 rings (SSSR count). The number of aryl methyl sites for hydroxylation is 1. The van der Waals surface area contributed by atoms with Gasteiger partial charge in [-0.15, -0.1) is 0 Å². The van der Waals surface area contributed by atoms with Gasteiger partial charge >= 0.3 is 5.97 Å². The molecule has 0 saturated carbocycles. The van der Waals surface area contributed by atoms with E-state index in [1.165, 1.54) is 0 Å². The molecule has 4 nitrogen and oxygen atoms in total. The van der Waals surface area contributed by atoms with Crippen molar-refractivity contribution in [1.82, 2.24) is 4.90 Å². The number of hydrogen-bond donors (Lipinski definition) is 1. The van der Waals surface area contributed by atoms with Crippen LogP contribution in [0.15, 0.2) is 24.3 Å². The Kier molecular flexibility index (Phi) is 5.36. The lowest BCUT2D eigenvalue weighted by atomic mass is 10.0. The van der Waals surface area contributed by atoms with Gasteiger partial charge in [0.05, 0.1) is 0 Å². The molecule has 0 spiro atoms. The predicted molar refractivity (Wildman–Crippen MR) is 75.6 cm³/mol. The van der Waals surface area contributed by atoms with Crippen LogP contribution in [0.5, 0.6) is 5.75 Å². The third-order valence-electron chi connectivity index (χ3n) is 3.41. The smallest absolute Gasteiger partial charge is 0.323 e. The summed E-state index contributed by atoms with van der Waals surface area (Å²) in [6.07, 6.45) is 0. The molecule has 0 bridgehead atoms. The molecular weight excluding hydrogens is 242 g/mol. The zero-order chi connectivity index (χ0) is 14.5. The van der Waals surface area contributed by atoms with Crippen LogP contribution in [0.25, 0.3) is 0 Å². The monoisotopic (exact) mass is 265 g/mol. The van der Waals surface area contributed by atoms with Crippen molar-refractivity contribution < 1.29 is 14.6 Å². The number of para-hydroxylation sites is 1. The minimum absolute atomic E-state index is 0.482. The zero-order valence-electron chi connectivity index (χ0n) is 12.1. The molecule has 0 saturated heterocycles. The maximum absolute atomic E-state index is 11.2. The van der Waals surface area contributed by atoms with E-state index >= 15 is 0 Å². The van der Waals surface area contributed by atoms with E-state index in [2.05, 4.69) is 0 Å². The second-order valence-corrected chi connectivity index (χ2v) is 5.06. The van der Waals surface area contributed by atoms with Crippen LogP contribution in [0.4, 0.5) is 0 Å². The SMILES string of the molecule is CCN(CCOc1ccccc1C)C(C)(C)C(=O)O. The first-order chi connectivity index (χ1) is 8.89. The number of ether oxygens (including phenoxy) is 1. The van der Waals surface area contributed by atoms with Crippen LogP contribution < -0.4 is 4.74 Å². The molecule has 1 aromatic rings. The van der Waals surface area contributed by atoms with Crippen LogP contribution >= 0.6 is 0 Å². The molecule has 0 atom stereocenters. The molecule has 1 N–H and O–H groups in total. The normalized spacial score (nSPS) is 11.6. The Bertz CT molecular complexity index is 429. The van der Waals surface area contributed by atoms with Gasteiger partial charge in [-0.3, -0.25) is 9.69 Å². The number of aliphatic carboxylic acids is 1. The van der Waals surface area contributed by atoms with E-state index in [0.717, 1.165) is 11.3 Å². The highest BCUT2D eigenvalue weighted by molar-refractivity contribution is 5.77. The molecule has 0 aliphatic rings. The van der Waals surface area contributed by atoms with Gasteiger partial charge < -0.3 is 9.84 Å². The maximum atomic E-state index is 11.2. The quantitative estimate of drug-likeness (QED) is 0.823. The van der Waals surface area contributed by atoms with E-state index in [0.29, 0.717) is 19.7 Å². The fourth-order valence-electron chi connectivity index (χ4n) is 1.95. The van der Waals surface area contributed by atoms with Crippen LogP contribution in [0.2, 0.25) is 0 Å². The minimum Gasteiger partial charge on any atom is -0.492 e. The van der Waals surface area contributed by atoms with Crippen molar-refractivity contribution in [3.8, 4) is 5.75 Å². The Hall–Kier alpha value is -1.55. The average Bonchev–Trinajstić information content (AvgIpc) is 2.36. The van der Waals surface area contributed by atoms with Gasteiger partial charge in [-0.05, 0) is 38.9 Å². The largest absolute Gasteiger partial charge is 0.492 e. The molecule has 106 valence electrons.